The third-order valence-corrected chi connectivity index (χ3v) is 10.5. The molecule has 0 bridgehead atoms. The standard InChI is InChI=1S/C27H30ClF3N2O6S/c1-3-16-8-19(6-14(2)27(16,36)11-24(34)32-18-12-39-13-18)40(37,38)23-7-15(4-5-20(23)28)26(35)33-17-9-21(29)25(31)22(30)10-17/h4-5,7,9-10,14,16,18-19,36H,3,6,8,11-13H2,1-2H3,(H,32,34)(H,33,35)/t14-,16?,19-,27-/m0/s1. The van der Waals surface area contributed by atoms with Crippen LogP contribution in [-0.4, -0.2) is 55.4 Å². The molecule has 4 rings (SSSR count). The fourth-order valence-corrected chi connectivity index (χ4v) is 7.90. The Morgan fingerprint density at radius 1 is 1.12 bits per heavy atom. The van der Waals surface area contributed by atoms with Gasteiger partial charge in [-0.05, 0) is 42.9 Å². The van der Waals surface area contributed by atoms with Crippen LogP contribution in [0.3, 0.4) is 0 Å². The molecule has 2 fully saturated rings. The maximum Gasteiger partial charge on any atom is 0.255 e. The Labute approximate surface area is 235 Å². The predicted octanol–water partition coefficient (Wildman–Crippen LogP) is 4.24. The molecule has 2 amide bonds. The van der Waals surface area contributed by atoms with E-state index in [9.17, 15) is 36.3 Å². The second-order valence-electron chi connectivity index (χ2n) is 10.5. The Morgan fingerprint density at radius 3 is 2.35 bits per heavy atom. The van der Waals surface area contributed by atoms with E-state index in [-0.39, 0.29) is 52.4 Å². The third kappa shape index (κ3) is 6.00. The molecule has 13 heteroatoms. The van der Waals surface area contributed by atoms with Crippen molar-refractivity contribution >= 4 is 38.9 Å². The number of benzene rings is 2. The van der Waals surface area contributed by atoms with Gasteiger partial charge in [0.05, 0.1) is 46.4 Å². The lowest BCUT2D eigenvalue weighted by Gasteiger charge is -2.47. The summed E-state index contributed by atoms with van der Waals surface area (Å²) in [6, 6.07) is 4.64. The molecule has 1 saturated carbocycles. The van der Waals surface area contributed by atoms with Gasteiger partial charge in [-0.1, -0.05) is 31.9 Å². The van der Waals surface area contributed by atoms with Crippen LogP contribution in [0.2, 0.25) is 5.02 Å². The lowest BCUT2D eigenvalue weighted by Crippen LogP contribution is -2.56. The summed E-state index contributed by atoms with van der Waals surface area (Å²) >= 11 is 6.26. The summed E-state index contributed by atoms with van der Waals surface area (Å²) in [7, 11) is -4.12. The molecule has 4 atom stereocenters. The molecule has 2 aromatic carbocycles. The normalized spacial score (nSPS) is 25.2. The highest BCUT2D eigenvalue weighted by Crippen LogP contribution is 2.46. The molecule has 1 aliphatic heterocycles. The number of carbonyl (C=O) groups is 2. The Balaban J connectivity index is 1.54. The second kappa shape index (κ2) is 11.7. The van der Waals surface area contributed by atoms with Gasteiger partial charge in [0.1, 0.15) is 0 Å². The smallest absolute Gasteiger partial charge is 0.255 e. The lowest BCUT2D eigenvalue weighted by atomic mass is 9.66. The first kappa shape index (κ1) is 30.3. The van der Waals surface area contributed by atoms with Crippen molar-refractivity contribution < 1.29 is 41.0 Å². The molecule has 0 spiro atoms. The van der Waals surface area contributed by atoms with Gasteiger partial charge in [0.2, 0.25) is 5.91 Å². The van der Waals surface area contributed by atoms with Gasteiger partial charge in [-0.3, -0.25) is 9.59 Å². The van der Waals surface area contributed by atoms with Crippen molar-refractivity contribution in [3.63, 3.8) is 0 Å². The number of carbonyl (C=O) groups excluding carboxylic acids is 2. The summed E-state index contributed by atoms with van der Waals surface area (Å²) < 4.78 is 73.0. The largest absolute Gasteiger partial charge is 0.389 e. The first-order chi connectivity index (χ1) is 18.8. The monoisotopic (exact) mass is 602 g/mol. The summed E-state index contributed by atoms with van der Waals surface area (Å²) in [4.78, 5) is 25.1. The zero-order chi connectivity index (χ0) is 29.4. The summed E-state index contributed by atoms with van der Waals surface area (Å²) in [5.74, 6) is -6.97. The number of nitrogens with one attached hydrogen (secondary N) is 2. The Bertz CT molecular complexity index is 1400. The van der Waals surface area contributed by atoms with Gasteiger partial charge in [0.15, 0.2) is 27.3 Å². The molecule has 1 unspecified atom stereocenters. The van der Waals surface area contributed by atoms with Gasteiger partial charge < -0.3 is 20.5 Å². The van der Waals surface area contributed by atoms with Crippen molar-refractivity contribution in [3.8, 4) is 0 Å². The lowest BCUT2D eigenvalue weighted by molar-refractivity contribution is -0.141. The van der Waals surface area contributed by atoms with Crippen molar-refractivity contribution in [1.29, 1.82) is 0 Å². The number of aliphatic hydroxyl groups is 1. The molecule has 3 N–H and O–H groups in total. The number of hydrogen-bond acceptors (Lipinski definition) is 6. The number of ether oxygens (including phenoxy) is 1. The minimum absolute atomic E-state index is 0.0516. The van der Waals surface area contributed by atoms with Crippen LogP contribution in [0, 0.1) is 29.3 Å². The summed E-state index contributed by atoms with van der Waals surface area (Å²) in [5.41, 5.74) is -1.93. The van der Waals surface area contributed by atoms with Gasteiger partial charge >= 0.3 is 0 Å². The van der Waals surface area contributed by atoms with E-state index in [1.807, 2.05) is 6.92 Å². The van der Waals surface area contributed by atoms with Gasteiger partial charge in [-0.15, -0.1) is 0 Å². The Morgan fingerprint density at radius 2 is 1.77 bits per heavy atom. The van der Waals surface area contributed by atoms with Crippen molar-refractivity contribution in [1.82, 2.24) is 5.32 Å². The number of amides is 2. The van der Waals surface area contributed by atoms with Crippen LogP contribution >= 0.6 is 11.6 Å². The number of hydrogen-bond donors (Lipinski definition) is 3. The first-order valence-electron chi connectivity index (χ1n) is 12.8. The summed E-state index contributed by atoms with van der Waals surface area (Å²) in [5, 5.41) is 15.5. The number of halogens is 4. The van der Waals surface area contributed by atoms with Crippen LogP contribution in [0.5, 0.6) is 0 Å². The van der Waals surface area contributed by atoms with Crippen LogP contribution < -0.4 is 10.6 Å². The van der Waals surface area contributed by atoms with Gasteiger partial charge in [-0.2, -0.15) is 0 Å². The first-order valence-corrected chi connectivity index (χ1v) is 14.8. The van der Waals surface area contributed by atoms with E-state index in [4.69, 9.17) is 16.3 Å². The fraction of sp³-hybridized carbons (Fsp3) is 0.481. The molecular weight excluding hydrogens is 573 g/mol. The second-order valence-corrected chi connectivity index (χ2v) is 13.1. The molecule has 40 heavy (non-hydrogen) atoms. The third-order valence-electron chi connectivity index (χ3n) is 7.84. The average Bonchev–Trinajstić information content (AvgIpc) is 2.86. The fourth-order valence-electron chi connectivity index (χ4n) is 5.44. The number of anilines is 1. The quantitative estimate of drug-likeness (QED) is 0.389. The van der Waals surface area contributed by atoms with E-state index < -0.39 is 55.9 Å². The minimum atomic E-state index is -4.12. The SMILES string of the molecule is CCC1C[C@@H](S(=O)(=O)c2cc(C(=O)Nc3cc(F)c(F)c(F)c3)ccc2Cl)C[C@H](C)[C@@]1(O)CC(=O)NC1COC1. The topological polar surface area (TPSA) is 122 Å². The highest BCUT2D eigenvalue weighted by Gasteiger charge is 2.50. The van der Waals surface area contributed by atoms with Crippen LogP contribution in [0.4, 0.5) is 18.9 Å². The van der Waals surface area contributed by atoms with Crippen molar-refractivity contribution in [2.24, 2.45) is 11.8 Å². The molecule has 1 aliphatic carbocycles. The molecule has 2 aromatic rings. The van der Waals surface area contributed by atoms with E-state index in [0.717, 1.165) is 6.07 Å². The number of rotatable bonds is 8. The van der Waals surface area contributed by atoms with Crippen molar-refractivity contribution in [2.45, 2.75) is 61.3 Å². The Kier molecular flexibility index (Phi) is 8.84. The minimum Gasteiger partial charge on any atom is -0.389 e. The molecule has 2 aliphatic rings. The maximum atomic E-state index is 13.8. The highest BCUT2D eigenvalue weighted by atomic mass is 35.5. The van der Waals surface area contributed by atoms with E-state index >= 15 is 0 Å². The summed E-state index contributed by atoms with van der Waals surface area (Å²) in [6.45, 7) is 4.34. The average molecular weight is 603 g/mol. The van der Waals surface area contributed by atoms with Crippen molar-refractivity contribution in [2.75, 3.05) is 18.5 Å². The Hall–Kier alpha value is -2.67. The molecular formula is C27H30ClF3N2O6S. The van der Waals surface area contributed by atoms with E-state index in [0.29, 0.717) is 31.8 Å². The van der Waals surface area contributed by atoms with E-state index in [1.54, 1.807) is 6.92 Å². The maximum absolute atomic E-state index is 13.8. The molecule has 1 saturated heterocycles. The van der Waals surface area contributed by atoms with Gasteiger partial charge in [0, 0.05) is 23.4 Å². The summed E-state index contributed by atoms with van der Waals surface area (Å²) in [6.07, 6.45) is 0.376. The molecule has 0 radical (unpaired) electrons. The zero-order valence-corrected chi connectivity index (χ0v) is 23.4. The zero-order valence-electron chi connectivity index (χ0n) is 21.8. The number of sulfone groups is 1. The van der Waals surface area contributed by atoms with Gasteiger partial charge in [-0.25, -0.2) is 21.6 Å². The molecule has 1 heterocycles. The van der Waals surface area contributed by atoms with Crippen molar-refractivity contribution in [3.05, 3.63) is 58.4 Å². The molecule has 0 aromatic heterocycles. The highest BCUT2D eigenvalue weighted by molar-refractivity contribution is 7.92. The van der Waals surface area contributed by atoms with Crippen LogP contribution in [0.15, 0.2) is 35.2 Å². The van der Waals surface area contributed by atoms with Gasteiger partial charge in [0.25, 0.3) is 5.91 Å². The van der Waals surface area contributed by atoms with E-state index in [2.05, 4.69) is 10.6 Å². The molecule has 218 valence electrons. The van der Waals surface area contributed by atoms with E-state index in [1.165, 1.54) is 12.1 Å². The molecule has 8 nitrogen and oxygen atoms in total. The van der Waals surface area contributed by atoms with Crippen LogP contribution in [-0.2, 0) is 19.4 Å². The predicted molar refractivity (Wildman–Crippen MR) is 141 cm³/mol. The van der Waals surface area contributed by atoms with Crippen LogP contribution in [0.25, 0.3) is 0 Å². The van der Waals surface area contributed by atoms with Crippen LogP contribution in [0.1, 0.15) is 49.9 Å².